The van der Waals surface area contributed by atoms with Gasteiger partial charge in [-0.05, 0) is 0 Å². The number of hydrogen-bond acceptors (Lipinski definition) is 8. The van der Waals surface area contributed by atoms with Crippen LogP contribution in [0.3, 0.4) is 0 Å². The van der Waals surface area contributed by atoms with E-state index in [1.165, 1.54) is 11.3 Å². The Bertz CT molecular complexity index is 586. The molecule has 0 aliphatic rings. The van der Waals surface area contributed by atoms with Gasteiger partial charge in [-0.25, -0.2) is 4.98 Å². The molecule has 0 aliphatic carbocycles. The summed E-state index contributed by atoms with van der Waals surface area (Å²) < 4.78 is 36.5. The topological polar surface area (TPSA) is 79.8 Å². The fourth-order valence-electron chi connectivity index (χ4n) is 1.08. The molecule has 0 aromatic carbocycles. The van der Waals surface area contributed by atoms with Crippen LogP contribution in [-0.2, 0) is 4.79 Å². The van der Waals surface area contributed by atoms with Crippen LogP contribution in [0.15, 0.2) is 15.9 Å². The molecular weight excluding hydrogens is 347 g/mol. The van der Waals surface area contributed by atoms with Crippen LogP contribution in [0.1, 0.15) is 0 Å². The average molecular weight is 355 g/mol. The Morgan fingerprint density at radius 1 is 1.33 bits per heavy atom. The molecule has 2 rings (SSSR count). The van der Waals surface area contributed by atoms with Gasteiger partial charge in [-0.2, -0.15) is 13.2 Å². The van der Waals surface area contributed by atoms with Crippen molar-refractivity contribution in [2.24, 2.45) is 0 Å². The van der Waals surface area contributed by atoms with E-state index in [1.807, 2.05) is 0 Å². The van der Waals surface area contributed by atoms with Crippen LogP contribution < -0.4 is 10.6 Å². The zero-order chi connectivity index (χ0) is 15.3. The van der Waals surface area contributed by atoms with Gasteiger partial charge in [0.25, 0.3) is 0 Å². The second kappa shape index (κ2) is 7.04. The number of anilines is 2. The first-order valence-electron chi connectivity index (χ1n) is 5.38. The summed E-state index contributed by atoms with van der Waals surface area (Å²) >= 11 is 3.34. The second-order valence-electron chi connectivity index (χ2n) is 3.52. The highest BCUT2D eigenvalue weighted by molar-refractivity contribution is 8.01. The first-order chi connectivity index (χ1) is 9.92. The van der Waals surface area contributed by atoms with Crippen LogP contribution in [0, 0.1) is 0 Å². The lowest BCUT2D eigenvalue weighted by atomic mass is 10.6. The van der Waals surface area contributed by atoms with Crippen LogP contribution >= 0.6 is 34.4 Å². The molecule has 0 atom stereocenters. The number of thioether (sulfide) groups is 1. The SMILES string of the molecule is O=C(CSc1nnc(NCC(F)(F)F)s1)Nc1nccs1. The van der Waals surface area contributed by atoms with E-state index in [-0.39, 0.29) is 16.8 Å². The number of carbonyl (C=O) groups excluding carboxylic acids is 1. The summed E-state index contributed by atoms with van der Waals surface area (Å²) in [5.74, 6) is -0.192. The maximum absolute atomic E-state index is 12.0. The summed E-state index contributed by atoms with van der Waals surface area (Å²) in [7, 11) is 0. The van der Waals surface area contributed by atoms with Crippen LogP contribution in [-0.4, -0.2) is 39.6 Å². The summed E-state index contributed by atoms with van der Waals surface area (Å²) in [6, 6.07) is 0. The van der Waals surface area contributed by atoms with Crippen molar-refractivity contribution in [2.45, 2.75) is 10.5 Å². The van der Waals surface area contributed by atoms with Crippen LogP contribution in [0.5, 0.6) is 0 Å². The van der Waals surface area contributed by atoms with E-state index in [9.17, 15) is 18.0 Å². The van der Waals surface area contributed by atoms with E-state index in [2.05, 4.69) is 25.8 Å². The Labute approximate surface area is 129 Å². The lowest BCUT2D eigenvalue weighted by Gasteiger charge is -2.05. The second-order valence-corrected chi connectivity index (χ2v) is 6.61. The van der Waals surface area contributed by atoms with Gasteiger partial charge in [-0.3, -0.25) is 4.79 Å². The first kappa shape index (κ1) is 16.0. The molecule has 21 heavy (non-hydrogen) atoms. The van der Waals surface area contributed by atoms with Crippen molar-refractivity contribution in [3.63, 3.8) is 0 Å². The third kappa shape index (κ3) is 5.85. The number of hydrogen-bond donors (Lipinski definition) is 2. The Hall–Kier alpha value is -1.40. The molecule has 0 saturated heterocycles. The van der Waals surface area contributed by atoms with E-state index < -0.39 is 12.7 Å². The average Bonchev–Trinajstić information content (AvgIpc) is 3.04. The van der Waals surface area contributed by atoms with Gasteiger partial charge < -0.3 is 10.6 Å². The number of carbonyl (C=O) groups is 1. The van der Waals surface area contributed by atoms with Gasteiger partial charge in [0.1, 0.15) is 6.54 Å². The van der Waals surface area contributed by atoms with Crippen molar-refractivity contribution in [1.29, 1.82) is 0 Å². The molecular formula is C9H8F3N5OS3. The van der Waals surface area contributed by atoms with Gasteiger partial charge in [-0.15, -0.1) is 21.5 Å². The third-order valence-electron chi connectivity index (χ3n) is 1.85. The third-order valence-corrected chi connectivity index (χ3v) is 4.55. The Kier molecular flexibility index (Phi) is 5.36. The number of amides is 1. The van der Waals surface area contributed by atoms with Gasteiger partial charge in [0.05, 0.1) is 5.75 Å². The summed E-state index contributed by atoms with van der Waals surface area (Å²) in [5.41, 5.74) is 0. The summed E-state index contributed by atoms with van der Waals surface area (Å²) in [6.07, 6.45) is -2.75. The molecule has 0 bridgehead atoms. The van der Waals surface area contributed by atoms with Gasteiger partial charge in [0, 0.05) is 11.6 Å². The molecule has 0 spiro atoms. The summed E-state index contributed by atoms with van der Waals surface area (Å²) in [6.45, 7) is -1.17. The number of nitrogens with one attached hydrogen (secondary N) is 2. The number of thiazole rings is 1. The summed E-state index contributed by atoms with van der Waals surface area (Å²) in [5, 5.41) is 14.3. The number of aromatic nitrogens is 3. The normalized spacial score (nSPS) is 11.4. The molecule has 114 valence electrons. The van der Waals surface area contributed by atoms with Crippen LogP contribution in [0.4, 0.5) is 23.4 Å². The van der Waals surface area contributed by atoms with E-state index in [4.69, 9.17) is 0 Å². The molecule has 2 heterocycles. The van der Waals surface area contributed by atoms with Gasteiger partial charge in [0.2, 0.25) is 11.0 Å². The van der Waals surface area contributed by atoms with Crippen molar-refractivity contribution in [3.8, 4) is 0 Å². The predicted octanol–water partition coefficient (Wildman–Crippen LogP) is 2.70. The number of halogens is 3. The first-order valence-corrected chi connectivity index (χ1v) is 8.07. The van der Waals surface area contributed by atoms with Gasteiger partial charge >= 0.3 is 6.18 Å². The standard InChI is InChI=1S/C9H8F3N5OS3/c10-9(11,12)4-14-7-16-17-8(21-7)20-3-5(18)15-6-13-1-2-19-6/h1-2H,3-4H2,(H,14,16)(H,13,15,18). The van der Waals surface area contributed by atoms with E-state index in [0.717, 1.165) is 23.1 Å². The smallest absolute Gasteiger partial charge is 0.351 e. The molecule has 1 amide bonds. The number of nitrogens with zero attached hydrogens (tertiary/aromatic N) is 3. The Morgan fingerprint density at radius 2 is 2.14 bits per heavy atom. The van der Waals surface area contributed by atoms with Gasteiger partial charge in [0.15, 0.2) is 9.47 Å². The van der Waals surface area contributed by atoms with Gasteiger partial charge in [-0.1, -0.05) is 23.1 Å². The lowest BCUT2D eigenvalue weighted by Crippen LogP contribution is -2.21. The van der Waals surface area contributed by atoms with Crippen LogP contribution in [0.2, 0.25) is 0 Å². The fraction of sp³-hybridized carbons (Fsp3) is 0.333. The zero-order valence-corrected chi connectivity index (χ0v) is 12.6. The van der Waals surface area contributed by atoms with Crippen molar-refractivity contribution < 1.29 is 18.0 Å². The predicted molar refractivity (Wildman–Crippen MR) is 75.9 cm³/mol. The molecule has 2 N–H and O–H groups in total. The van der Waals surface area contributed by atoms with Crippen molar-refractivity contribution in [1.82, 2.24) is 15.2 Å². The minimum atomic E-state index is -4.31. The van der Waals surface area contributed by atoms with Crippen molar-refractivity contribution >= 4 is 50.6 Å². The monoisotopic (exact) mass is 355 g/mol. The Balaban J connectivity index is 1.76. The van der Waals surface area contributed by atoms with E-state index >= 15 is 0 Å². The highest BCUT2D eigenvalue weighted by Gasteiger charge is 2.27. The number of alkyl halides is 3. The molecule has 2 aromatic heterocycles. The molecule has 0 fully saturated rings. The van der Waals surface area contributed by atoms with Crippen molar-refractivity contribution in [2.75, 3.05) is 22.9 Å². The van der Waals surface area contributed by atoms with Crippen molar-refractivity contribution in [3.05, 3.63) is 11.6 Å². The molecule has 0 saturated carbocycles. The maximum atomic E-state index is 12.0. The van der Waals surface area contributed by atoms with Crippen LogP contribution in [0.25, 0.3) is 0 Å². The molecule has 0 aliphatic heterocycles. The zero-order valence-electron chi connectivity index (χ0n) is 10.2. The number of rotatable bonds is 6. The summed E-state index contributed by atoms with van der Waals surface area (Å²) in [4.78, 5) is 15.5. The Morgan fingerprint density at radius 3 is 2.81 bits per heavy atom. The quantitative estimate of drug-likeness (QED) is 0.776. The molecule has 2 aromatic rings. The minimum Gasteiger partial charge on any atom is -0.351 e. The fourth-order valence-corrected chi connectivity index (χ4v) is 3.18. The highest BCUT2D eigenvalue weighted by Crippen LogP contribution is 2.26. The molecule has 6 nitrogen and oxygen atoms in total. The minimum absolute atomic E-state index is 0.0650. The van der Waals surface area contributed by atoms with E-state index in [1.54, 1.807) is 11.6 Å². The lowest BCUT2D eigenvalue weighted by molar-refractivity contribution is -0.115. The molecule has 0 unspecified atom stereocenters. The highest BCUT2D eigenvalue weighted by atomic mass is 32.2. The molecule has 12 heteroatoms. The molecule has 0 radical (unpaired) electrons. The maximum Gasteiger partial charge on any atom is 0.405 e. The largest absolute Gasteiger partial charge is 0.405 e. The van der Waals surface area contributed by atoms with E-state index in [0.29, 0.717) is 9.47 Å².